The summed E-state index contributed by atoms with van der Waals surface area (Å²) in [5, 5.41) is 2.14. The van der Waals surface area contributed by atoms with Crippen molar-refractivity contribution in [2.45, 2.75) is 25.5 Å². The molecule has 3 rings (SSSR count). The Balaban J connectivity index is 1.44. The Kier molecular flexibility index (Phi) is 5.69. The Morgan fingerprint density at radius 1 is 1.43 bits per heavy atom. The van der Waals surface area contributed by atoms with Gasteiger partial charge in [0.05, 0.1) is 12.7 Å². The minimum Gasteiger partial charge on any atom is -0.374 e. The van der Waals surface area contributed by atoms with Crippen LogP contribution in [0.2, 0.25) is 0 Å². The van der Waals surface area contributed by atoms with Crippen molar-refractivity contribution in [1.82, 2.24) is 14.7 Å². The standard InChI is InChI=1S/C17H27N3O2S/c1-18(2)12-15-13-19(8-9-22-15)6-4-17(21)20-7-3-16-14(11-20)5-10-23-16/h5,10,15H,3-4,6-9,11-13H2,1-2H3/t15-/m1/s1. The molecule has 3 heterocycles. The second-order valence-electron chi connectivity index (χ2n) is 6.74. The zero-order valence-corrected chi connectivity index (χ0v) is 15.0. The summed E-state index contributed by atoms with van der Waals surface area (Å²) < 4.78 is 5.79. The van der Waals surface area contributed by atoms with E-state index in [0.717, 1.165) is 52.3 Å². The molecule has 0 radical (unpaired) electrons. The predicted molar refractivity (Wildman–Crippen MR) is 92.8 cm³/mol. The van der Waals surface area contributed by atoms with Crippen molar-refractivity contribution in [2.24, 2.45) is 0 Å². The van der Waals surface area contributed by atoms with Gasteiger partial charge >= 0.3 is 0 Å². The number of morpholine rings is 1. The van der Waals surface area contributed by atoms with Crippen molar-refractivity contribution in [2.75, 3.05) is 53.4 Å². The maximum atomic E-state index is 12.5. The largest absolute Gasteiger partial charge is 0.374 e. The summed E-state index contributed by atoms with van der Waals surface area (Å²) in [6.45, 7) is 6.10. The molecule has 0 aliphatic carbocycles. The third-order valence-corrected chi connectivity index (χ3v) is 5.62. The minimum atomic E-state index is 0.261. The summed E-state index contributed by atoms with van der Waals surface area (Å²) in [4.78, 5) is 20.5. The average molecular weight is 337 g/mol. The number of carbonyl (C=O) groups is 1. The first-order valence-corrected chi connectivity index (χ1v) is 9.31. The van der Waals surface area contributed by atoms with Crippen LogP contribution in [0.5, 0.6) is 0 Å². The average Bonchev–Trinajstić information content (AvgIpc) is 3.00. The molecule has 1 atom stereocenters. The van der Waals surface area contributed by atoms with Crippen LogP contribution in [0.3, 0.4) is 0 Å². The van der Waals surface area contributed by atoms with E-state index >= 15 is 0 Å². The Morgan fingerprint density at radius 3 is 3.13 bits per heavy atom. The number of carbonyl (C=O) groups excluding carboxylic acids is 1. The number of fused-ring (bicyclic) bond motifs is 1. The van der Waals surface area contributed by atoms with E-state index in [1.54, 1.807) is 0 Å². The normalized spacial score (nSPS) is 22.4. The zero-order valence-electron chi connectivity index (χ0n) is 14.2. The van der Waals surface area contributed by atoms with E-state index in [9.17, 15) is 4.79 Å². The molecular weight excluding hydrogens is 310 g/mol. The van der Waals surface area contributed by atoms with Gasteiger partial charge in [-0.1, -0.05) is 0 Å². The van der Waals surface area contributed by atoms with Crippen LogP contribution in [-0.2, 0) is 22.5 Å². The molecule has 23 heavy (non-hydrogen) atoms. The zero-order chi connectivity index (χ0) is 16.2. The van der Waals surface area contributed by atoms with Crippen LogP contribution >= 0.6 is 11.3 Å². The van der Waals surface area contributed by atoms with Gasteiger partial charge in [0, 0.05) is 50.6 Å². The maximum Gasteiger partial charge on any atom is 0.224 e. The highest BCUT2D eigenvalue weighted by Crippen LogP contribution is 2.24. The van der Waals surface area contributed by atoms with Gasteiger partial charge in [0.2, 0.25) is 5.91 Å². The molecule has 2 aliphatic rings. The summed E-state index contributed by atoms with van der Waals surface area (Å²) in [5.41, 5.74) is 1.34. The molecule has 5 nitrogen and oxygen atoms in total. The molecule has 0 spiro atoms. The first-order chi connectivity index (χ1) is 11.1. The van der Waals surface area contributed by atoms with Crippen molar-refractivity contribution < 1.29 is 9.53 Å². The second-order valence-corrected chi connectivity index (χ2v) is 7.74. The van der Waals surface area contributed by atoms with Crippen LogP contribution in [0.1, 0.15) is 16.9 Å². The van der Waals surface area contributed by atoms with Crippen molar-refractivity contribution in [1.29, 1.82) is 0 Å². The Labute approximate surface area is 142 Å². The van der Waals surface area contributed by atoms with E-state index in [0.29, 0.717) is 6.42 Å². The Bertz CT molecular complexity index is 532. The molecule has 0 unspecified atom stereocenters. The van der Waals surface area contributed by atoms with E-state index in [2.05, 4.69) is 35.3 Å². The molecule has 0 aromatic carbocycles. The summed E-state index contributed by atoms with van der Waals surface area (Å²) in [6, 6.07) is 2.16. The highest BCUT2D eigenvalue weighted by atomic mass is 32.1. The summed E-state index contributed by atoms with van der Waals surface area (Å²) in [5.74, 6) is 0.289. The second kappa shape index (κ2) is 7.75. The van der Waals surface area contributed by atoms with Crippen molar-refractivity contribution in [3.8, 4) is 0 Å². The van der Waals surface area contributed by atoms with Crippen LogP contribution in [0, 0.1) is 0 Å². The highest BCUT2D eigenvalue weighted by molar-refractivity contribution is 7.10. The number of ether oxygens (including phenoxy) is 1. The number of likely N-dealkylation sites (N-methyl/N-ethyl adjacent to an activating group) is 1. The molecule has 2 aliphatic heterocycles. The van der Waals surface area contributed by atoms with Crippen molar-refractivity contribution in [3.05, 3.63) is 21.9 Å². The molecule has 128 valence electrons. The molecule has 1 aromatic rings. The Hall–Kier alpha value is -0.950. The molecule has 0 bridgehead atoms. The molecular formula is C17H27N3O2S. The van der Waals surface area contributed by atoms with Gasteiger partial charge in [0.25, 0.3) is 0 Å². The molecule has 1 fully saturated rings. The van der Waals surface area contributed by atoms with Gasteiger partial charge < -0.3 is 14.5 Å². The fourth-order valence-corrected chi connectivity index (χ4v) is 4.26. The van der Waals surface area contributed by atoms with E-state index in [-0.39, 0.29) is 12.0 Å². The van der Waals surface area contributed by atoms with Gasteiger partial charge in [-0.2, -0.15) is 0 Å². The van der Waals surface area contributed by atoms with Gasteiger partial charge in [-0.3, -0.25) is 9.69 Å². The summed E-state index contributed by atoms with van der Waals surface area (Å²) in [6.07, 6.45) is 1.90. The lowest BCUT2D eigenvalue weighted by atomic mass is 10.1. The molecule has 0 saturated carbocycles. The van der Waals surface area contributed by atoms with E-state index in [1.807, 2.05) is 16.2 Å². The number of hydrogen-bond acceptors (Lipinski definition) is 5. The van der Waals surface area contributed by atoms with Crippen LogP contribution in [0.15, 0.2) is 11.4 Å². The maximum absolute atomic E-state index is 12.5. The predicted octanol–water partition coefficient (Wildman–Crippen LogP) is 1.29. The number of rotatable bonds is 5. The number of hydrogen-bond donors (Lipinski definition) is 0. The van der Waals surface area contributed by atoms with E-state index in [1.165, 1.54) is 10.4 Å². The number of amides is 1. The third kappa shape index (κ3) is 4.53. The first kappa shape index (κ1) is 16.9. The smallest absolute Gasteiger partial charge is 0.224 e. The monoisotopic (exact) mass is 337 g/mol. The number of nitrogens with zero attached hydrogens (tertiary/aromatic N) is 3. The van der Waals surface area contributed by atoms with Crippen molar-refractivity contribution in [3.63, 3.8) is 0 Å². The third-order valence-electron chi connectivity index (χ3n) is 4.59. The van der Waals surface area contributed by atoms with Crippen LogP contribution in [0.4, 0.5) is 0 Å². The van der Waals surface area contributed by atoms with Crippen LogP contribution in [0.25, 0.3) is 0 Å². The lowest BCUT2D eigenvalue weighted by Gasteiger charge is -2.34. The van der Waals surface area contributed by atoms with Gasteiger partial charge in [-0.05, 0) is 37.5 Å². The fourth-order valence-electron chi connectivity index (χ4n) is 3.37. The molecule has 6 heteroatoms. The molecule has 0 N–H and O–H groups in total. The van der Waals surface area contributed by atoms with E-state index in [4.69, 9.17) is 4.74 Å². The number of thiophene rings is 1. The topological polar surface area (TPSA) is 36.0 Å². The van der Waals surface area contributed by atoms with Gasteiger partial charge in [0.1, 0.15) is 0 Å². The molecule has 1 amide bonds. The van der Waals surface area contributed by atoms with Gasteiger partial charge in [-0.25, -0.2) is 0 Å². The Morgan fingerprint density at radius 2 is 2.30 bits per heavy atom. The van der Waals surface area contributed by atoms with Gasteiger partial charge in [-0.15, -0.1) is 11.3 Å². The minimum absolute atomic E-state index is 0.261. The van der Waals surface area contributed by atoms with Crippen LogP contribution in [-0.4, -0.2) is 80.1 Å². The van der Waals surface area contributed by atoms with E-state index < -0.39 is 0 Å². The van der Waals surface area contributed by atoms with Crippen molar-refractivity contribution >= 4 is 17.2 Å². The lowest BCUT2D eigenvalue weighted by Crippen LogP contribution is -2.47. The lowest BCUT2D eigenvalue weighted by molar-refractivity contribution is -0.133. The molecule has 1 saturated heterocycles. The van der Waals surface area contributed by atoms with Crippen LogP contribution < -0.4 is 0 Å². The molecule has 1 aromatic heterocycles. The fraction of sp³-hybridized carbons (Fsp3) is 0.706. The summed E-state index contributed by atoms with van der Waals surface area (Å²) in [7, 11) is 4.14. The summed E-state index contributed by atoms with van der Waals surface area (Å²) >= 11 is 1.82. The quantitative estimate of drug-likeness (QED) is 0.811. The first-order valence-electron chi connectivity index (χ1n) is 8.43. The SMILES string of the molecule is CN(C)C[C@@H]1CN(CCC(=O)N2CCc3sccc3C2)CCO1. The highest BCUT2D eigenvalue weighted by Gasteiger charge is 2.24. The van der Waals surface area contributed by atoms with Gasteiger partial charge in [0.15, 0.2) is 0 Å².